The first-order valence-electron chi connectivity index (χ1n) is 12.1. The summed E-state index contributed by atoms with van der Waals surface area (Å²) in [5, 5.41) is 29.6. The van der Waals surface area contributed by atoms with Gasteiger partial charge in [0.05, 0.1) is 47.5 Å². The van der Waals surface area contributed by atoms with Crippen LogP contribution in [0.15, 0.2) is 42.6 Å². The summed E-state index contributed by atoms with van der Waals surface area (Å²) in [4.78, 5) is 17.5. The number of anilines is 1. The van der Waals surface area contributed by atoms with E-state index in [0.29, 0.717) is 53.7 Å². The molecule has 0 unspecified atom stereocenters. The van der Waals surface area contributed by atoms with Crippen LogP contribution in [0.5, 0.6) is 5.75 Å². The van der Waals surface area contributed by atoms with Gasteiger partial charge in [-0.15, -0.1) is 15.0 Å². The SMILES string of the molecule is Cc1nc(-c2nnn(C)c2CNc2cnn(-c3ccc(F)cc3)n2)ccc1O[C@H]1CCC[C@H](C(=O)O)C1. The Balaban J connectivity index is 1.28. The normalized spacial score (nSPS) is 17.5. The Hall–Kier alpha value is -4.35. The summed E-state index contributed by atoms with van der Waals surface area (Å²) in [5.74, 6) is -0.273. The molecule has 1 aliphatic carbocycles. The number of aliphatic carboxylic acids is 1. The second-order valence-electron chi connectivity index (χ2n) is 9.08. The van der Waals surface area contributed by atoms with Gasteiger partial charge in [-0.1, -0.05) is 5.21 Å². The number of ether oxygens (including phenoxy) is 1. The molecule has 192 valence electrons. The van der Waals surface area contributed by atoms with Crippen molar-refractivity contribution < 1.29 is 19.0 Å². The molecule has 1 aromatic carbocycles. The van der Waals surface area contributed by atoms with E-state index in [2.05, 4.69) is 25.8 Å². The molecule has 4 aromatic rings. The Morgan fingerprint density at radius 3 is 2.78 bits per heavy atom. The van der Waals surface area contributed by atoms with Crippen LogP contribution >= 0.6 is 0 Å². The number of carbonyl (C=O) groups is 1. The lowest BCUT2D eigenvalue weighted by molar-refractivity contribution is -0.143. The van der Waals surface area contributed by atoms with E-state index in [1.807, 2.05) is 19.1 Å². The zero-order chi connectivity index (χ0) is 25.9. The number of carboxylic acids is 1. The van der Waals surface area contributed by atoms with Crippen LogP contribution in [0, 0.1) is 18.7 Å². The number of aromatic nitrogens is 7. The monoisotopic (exact) mass is 506 g/mol. The van der Waals surface area contributed by atoms with Crippen LogP contribution in [0.2, 0.25) is 0 Å². The number of pyridine rings is 1. The Kier molecular flexibility index (Phi) is 6.80. The maximum atomic E-state index is 13.2. The van der Waals surface area contributed by atoms with E-state index in [1.165, 1.54) is 16.9 Å². The Labute approximate surface area is 212 Å². The predicted molar refractivity (Wildman–Crippen MR) is 132 cm³/mol. The van der Waals surface area contributed by atoms with Gasteiger partial charge >= 0.3 is 5.97 Å². The molecule has 2 N–H and O–H groups in total. The Bertz CT molecular complexity index is 1400. The van der Waals surface area contributed by atoms with E-state index in [0.717, 1.165) is 18.5 Å². The number of benzene rings is 1. The number of aryl methyl sites for hydroxylation is 2. The zero-order valence-corrected chi connectivity index (χ0v) is 20.5. The predicted octanol–water partition coefficient (Wildman–Crippen LogP) is 3.54. The van der Waals surface area contributed by atoms with Gasteiger partial charge in [-0.2, -0.15) is 5.10 Å². The van der Waals surface area contributed by atoms with Gasteiger partial charge in [-0.3, -0.25) is 4.79 Å². The molecule has 3 heterocycles. The zero-order valence-electron chi connectivity index (χ0n) is 20.5. The molecule has 12 heteroatoms. The number of hydrogen-bond donors (Lipinski definition) is 2. The van der Waals surface area contributed by atoms with Gasteiger partial charge in [0.1, 0.15) is 17.3 Å². The molecule has 2 atom stereocenters. The summed E-state index contributed by atoms with van der Waals surface area (Å²) >= 11 is 0. The van der Waals surface area contributed by atoms with Crippen molar-refractivity contribution in [1.82, 2.24) is 35.0 Å². The minimum atomic E-state index is -0.764. The van der Waals surface area contributed by atoms with Gasteiger partial charge in [0.15, 0.2) is 5.82 Å². The summed E-state index contributed by atoms with van der Waals surface area (Å²) in [6.07, 6.45) is 4.30. The fourth-order valence-electron chi connectivity index (χ4n) is 4.45. The van der Waals surface area contributed by atoms with Crippen molar-refractivity contribution in [3.05, 3.63) is 59.8 Å². The van der Waals surface area contributed by atoms with E-state index in [-0.39, 0.29) is 17.8 Å². The van der Waals surface area contributed by atoms with Crippen LogP contribution in [0.3, 0.4) is 0 Å². The van der Waals surface area contributed by atoms with Crippen molar-refractivity contribution in [2.45, 2.75) is 45.3 Å². The molecule has 11 nitrogen and oxygen atoms in total. The molecule has 3 aromatic heterocycles. The third-order valence-electron chi connectivity index (χ3n) is 6.48. The molecule has 0 spiro atoms. The van der Waals surface area contributed by atoms with Gasteiger partial charge in [-0.25, -0.2) is 14.1 Å². The van der Waals surface area contributed by atoms with E-state index in [1.54, 1.807) is 30.1 Å². The van der Waals surface area contributed by atoms with Crippen LogP contribution in [0.4, 0.5) is 10.2 Å². The average Bonchev–Trinajstić information content (AvgIpc) is 3.51. The molecule has 0 radical (unpaired) electrons. The molecule has 1 fully saturated rings. The lowest BCUT2D eigenvalue weighted by Gasteiger charge is -2.27. The third-order valence-corrected chi connectivity index (χ3v) is 6.48. The van der Waals surface area contributed by atoms with Crippen LogP contribution in [-0.2, 0) is 18.4 Å². The van der Waals surface area contributed by atoms with Crippen LogP contribution in [-0.4, -0.2) is 52.2 Å². The van der Waals surface area contributed by atoms with Crippen molar-refractivity contribution in [3.8, 4) is 22.8 Å². The molecule has 1 aliphatic rings. The molecule has 0 bridgehead atoms. The molecule has 5 rings (SSSR count). The van der Waals surface area contributed by atoms with Crippen molar-refractivity contribution in [1.29, 1.82) is 0 Å². The van der Waals surface area contributed by atoms with Gasteiger partial charge in [0.25, 0.3) is 0 Å². The van der Waals surface area contributed by atoms with Crippen LogP contribution in [0.25, 0.3) is 17.1 Å². The molecular formula is C25H27FN8O3. The maximum Gasteiger partial charge on any atom is 0.306 e. The highest BCUT2D eigenvalue weighted by molar-refractivity contribution is 5.70. The standard InChI is InChI=1S/C25H27FN8O3/c1-15-22(37-19-5-3-4-16(12-19)25(35)36)11-10-20(29-15)24-21(33(2)32-30-24)13-27-23-14-28-34(31-23)18-8-6-17(26)7-9-18/h6-11,14,16,19H,3-5,12-13H2,1-2H3,(H,27,31)(H,35,36)/t16-,19-/m0/s1. The Morgan fingerprint density at radius 1 is 1.22 bits per heavy atom. The largest absolute Gasteiger partial charge is 0.489 e. The quantitative estimate of drug-likeness (QED) is 0.368. The highest BCUT2D eigenvalue weighted by Gasteiger charge is 2.28. The number of nitrogens with zero attached hydrogens (tertiary/aromatic N) is 7. The van der Waals surface area contributed by atoms with Crippen molar-refractivity contribution in [3.63, 3.8) is 0 Å². The third kappa shape index (κ3) is 5.42. The molecular weight excluding hydrogens is 479 g/mol. The number of nitrogens with one attached hydrogen (secondary N) is 1. The highest BCUT2D eigenvalue weighted by atomic mass is 19.1. The summed E-state index contributed by atoms with van der Waals surface area (Å²) in [6, 6.07) is 9.59. The second-order valence-corrected chi connectivity index (χ2v) is 9.08. The average molecular weight is 507 g/mol. The highest BCUT2D eigenvalue weighted by Crippen LogP contribution is 2.30. The topological polar surface area (TPSA) is 133 Å². The Morgan fingerprint density at radius 2 is 2.03 bits per heavy atom. The van der Waals surface area contributed by atoms with Crippen molar-refractivity contribution in [2.24, 2.45) is 13.0 Å². The number of hydrogen-bond acceptors (Lipinski definition) is 8. The van der Waals surface area contributed by atoms with Gasteiger partial charge in [-0.05, 0) is 69.0 Å². The van der Waals surface area contributed by atoms with Crippen molar-refractivity contribution in [2.75, 3.05) is 5.32 Å². The van der Waals surface area contributed by atoms with E-state index >= 15 is 0 Å². The lowest BCUT2D eigenvalue weighted by Crippen LogP contribution is -2.29. The summed E-state index contributed by atoms with van der Waals surface area (Å²) in [7, 11) is 1.80. The summed E-state index contributed by atoms with van der Waals surface area (Å²) < 4.78 is 21.0. The molecule has 0 amide bonds. The van der Waals surface area contributed by atoms with Gasteiger partial charge in [0, 0.05) is 7.05 Å². The maximum absolute atomic E-state index is 13.2. The fourth-order valence-corrected chi connectivity index (χ4v) is 4.45. The lowest BCUT2D eigenvalue weighted by atomic mass is 9.87. The smallest absolute Gasteiger partial charge is 0.306 e. The van der Waals surface area contributed by atoms with Crippen molar-refractivity contribution >= 4 is 11.8 Å². The van der Waals surface area contributed by atoms with E-state index < -0.39 is 5.97 Å². The molecule has 0 saturated heterocycles. The van der Waals surface area contributed by atoms with Gasteiger partial charge < -0.3 is 15.2 Å². The van der Waals surface area contributed by atoms with E-state index in [9.17, 15) is 14.3 Å². The van der Waals surface area contributed by atoms with Gasteiger partial charge in [0.2, 0.25) is 0 Å². The second kappa shape index (κ2) is 10.3. The molecule has 1 saturated carbocycles. The van der Waals surface area contributed by atoms with E-state index in [4.69, 9.17) is 9.72 Å². The number of rotatable bonds is 8. The van der Waals surface area contributed by atoms with Crippen LogP contribution < -0.4 is 10.1 Å². The molecule has 37 heavy (non-hydrogen) atoms. The summed E-state index contributed by atoms with van der Waals surface area (Å²) in [5.41, 5.74) is 3.41. The first-order chi connectivity index (χ1) is 17.9. The minimum Gasteiger partial charge on any atom is -0.489 e. The first kappa shape index (κ1) is 24.3. The molecule has 0 aliphatic heterocycles. The number of halogens is 1. The minimum absolute atomic E-state index is 0.138. The first-order valence-corrected chi connectivity index (χ1v) is 12.1. The number of carboxylic acid groups (broad SMARTS) is 1. The van der Waals surface area contributed by atoms with Crippen LogP contribution in [0.1, 0.15) is 37.1 Å². The fraction of sp³-hybridized carbons (Fsp3) is 0.360. The summed E-state index contributed by atoms with van der Waals surface area (Å²) in [6.45, 7) is 2.23.